The van der Waals surface area contributed by atoms with E-state index in [1.165, 1.54) is 0 Å². The van der Waals surface area contributed by atoms with E-state index in [0.29, 0.717) is 19.5 Å². The highest BCUT2D eigenvalue weighted by molar-refractivity contribution is 5.78. The normalized spacial score (nSPS) is 22.3. The van der Waals surface area contributed by atoms with E-state index >= 15 is 0 Å². The Bertz CT molecular complexity index is 336. The van der Waals surface area contributed by atoms with Gasteiger partial charge >= 0.3 is 12.0 Å². The number of carbonyl (C=O) groups excluding carboxylic acids is 1. The maximum atomic E-state index is 12.1. The maximum Gasteiger partial charge on any atom is 0.317 e. The fourth-order valence-corrected chi connectivity index (χ4v) is 2.72. The number of urea groups is 1. The van der Waals surface area contributed by atoms with Crippen LogP contribution in [0.3, 0.4) is 0 Å². The zero-order valence-corrected chi connectivity index (χ0v) is 12.8. The van der Waals surface area contributed by atoms with Crippen molar-refractivity contribution < 1.29 is 14.7 Å². The summed E-state index contributed by atoms with van der Waals surface area (Å²) in [5.41, 5.74) is 0. The number of nitrogens with zero attached hydrogens (tertiary/aromatic N) is 2. The molecule has 2 amide bonds. The lowest BCUT2D eigenvalue weighted by Crippen LogP contribution is -2.46. The number of likely N-dealkylation sites (N-methyl/N-ethyl adjacent to an activating group) is 1. The molecule has 20 heavy (non-hydrogen) atoms. The van der Waals surface area contributed by atoms with Gasteiger partial charge in [-0.3, -0.25) is 4.79 Å². The molecule has 6 heteroatoms. The van der Waals surface area contributed by atoms with Gasteiger partial charge in [0.1, 0.15) is 0 Å². The Morgan fingerprint density at radius 2 is 2.05 bits per heavy atom. The molecule has 1 saturated heterocycles. The van der Waals surface area contributed by atoms with Crippen LogP contribution >= 0.6 is 0 Å². The number of amides is 2. The second-order valence-electron chi connectivity index (χ2n) is 5.33. The molecule has 1 heterocycles. The fourth-order valence-electron chi connectivity index (χ4n) is 2.72. The number of hydrogen-bond donors (Lipinski definition) is 2. The van der Waals surface area contributed by atoms with Crippen LogP contribution in [0.25, 0.3) is 0 Å². The minimum atomic E-state index is -0.812. The van der Waals surface area contributed by atoms with E-state index in [9.17, 15) is 9.59 Å². The number of nitrogens with one attached hydrogen (secondary N) is 1. The van der Waals surface area contributed by atoms with Gasteiger partial charge in [-0.05, 0) is 32.9 Å². The monoisotopic (exact) mass is 285 g/mol. The molecule has 2 N–H and O–H groups in total. The Hall–Kier alpha value is -1.30. The van der Waals surface area contributed by atoms with E-state index in [2.05, 4.69) is 24.1 Å². The summed E-state index contributed by atoms with van der Waals surface area (Å²) < 4.78 is 0. The van der Waals surface area contributed by atoms with Crippen molar-refractivity contribution in [2.24, 2.45) is 5.92 Å². The van der Waals surface area contributed by atoms with Gasteiger partial charge in [-0.1, -0.05) is 13.8 Å². The maximum absolute atomic E-state index is 12.1. The highest BCUT2D eigenvalue weighted by Crippen LogP contribution is 2.24. The average Bonchev–Trinajstić information content (AvgIpc) is 2.79. The highest BCUT2D eigenvalue weighted by Gasteiger charge is 2.37. The van der Waals surface area contributed by atoms with Crippen LogP contribution in [0, 0.1) is 5.92 Å². The van der Waals surface area contributed by atoms with E-state index < -0.39 is 11.9 Å². The Labute approximate surface area is 121 Å². The lowest BCUT2D eigenvalue weighted by Gasteiger charge is -2.25. The molecule has 0 aromatic rings. The number of hydrogen-bond acceptors (Lipinski definition) is 3. The van der Waals surface area contributed by atoms with Gasteiger partial charge in [-0.15, -0.1) is 0 Å². The summed E-state index contributed by atoms with van der Waals surface area (Å²) >= 11 is 0. The highest BCUT2D eigenvalue weighted by atomic mass is 16.4. The largest absolute Gasteiger partial charge is 0.481 e. The van der Waals surface area contributed by atoms with Gasteiger partial charge in [0.15, 0.2) is 0 Å². The molecule has 1 aliphatic heterocycles. The summed E-state index contributed by atoms with van der Waals surface area (Å²) in [5, 5.41) is 11.9. The number of carboxylic acid groups (broad SMARTS) is 1. The summed E-state index contributed by atoms with van der Waals surface area (Å²) in [6.07, 6.45) is 1.64. The van der Waals surface area contributed by atoms with E-state index in [0.717, 1.165) is 26.1 Å². The standard InChI is InChI=1S/C14H27N3O3/c1-4-8-16(5-2)10-7-15-14(20)17-9-6-12(11(17)3)13(18)19/h11-12H,4-10H2,1-3H3,(H,15,20)(H,18,19). The van der Waals surface area contributed by atoms with Crippen molar-refractivity contribution in [1.82, 2.24) is 15.1 Å². The Morgan fingerprint density at radius 3 is 2.55 bits per heavy atom. The molecule has 1 aliphatic rings. The predicted octanol–water partition coefficient (Wildman–Crippen LogP) is 1.22. The number of carboxylic acids is 1. The number of carbonyl (C=O) groups is 2. The zero-order valence-electron chi connectivity index (χ0n) is 12.8. The Kier molecular flexibility index (Phi) is 6.78. The first-order valence-corrected chi connectivity index (χ1v) is 7.50. The molecule has 0 aliphatic carbocycles. The molecule has 0 aromatic carbocycles. The molecular formula is C14H27N3O3. The van der Waals surface area contributed by atoms with Gasteiger partial charge in [0.25, 0.3) is 0 Å². The average molecular weight is 285 g/mol. The Morgan fingerprint density at radius 1 is 1.35 bits per heavy atom. The van der Waals surface area contributed by atoms with E-state index in [1.54, 1.807) is 11.8 Å². The molecule has 0 radical (unpaired) electrons. The van der Waals surface area contributed by atoms with Crippen molar-refractivity contribution >= 4 is 12.0 Å². The van der Waals surface area contributed by atoms with Crippen LogP contribution in [-0.2, 0) is 4.79 Å². The minimum absolute atomic E-state index is 0.145. The molecule has 0 bridgehead atoms. The van der Waals surface area contributed by atoms with Crippen molar-refractivity contribution in [2.75, 3.05) is 32.7 Å². The summed E-state index contributed by atoms with van der Waals surface area (Å²) in [4.78, 5) is 27.0. The van der Waals surface area contributed by atoms with Crippen LogP contribution in [0.2, 0.25) is 0 Å². The molecule has 2 unspecified atom stereocenters. The van der Waals surface area contributed by atoms with Crippen LogP contribution in [0.15, 0.2) is 0 Å². The zero-order chi connectivity index (χ0) is 15.1. The van der Waals surface area contributed by atoms with Crippen molar-refractivity contribution in [3.8, 4) is 0 Å². The first kappa shape index (κ1) is 16.8. The molecule has 6 nitrogen and oxygen atoms in total. The molecule has 2 atom stereocenters. The lowest BCUT2D eigenvalue weighted by atomic mass is 10.0. The molecule has 0 aromatic heterocycles. The predicted molar refractivity (Wildman–Crippen MR) is 77.7 cm³/mol. The smallest absolute Gasteiger partial charge is 0.317 e. The van der Waals surface area contributed by atoms with Crippen LogP contribution in [-0.4, -0.2) is 65.7 Å². The molecule has 1 fully saturated rings. The SMILES string of the molecule is CCCN(CC)CCNC(=O)N1CCC(C(=O)O)C1C. The van der Waals surface area contributed by atoms with Gasteiger partial charge < -0.3 is 20.2 Å². The van der Waals surface area contributed by atoms with E-state index in [-0.39, 0.29) is 12.1 Å². The first-order valence-electron chi connectivity index (χ1n) is 7.50. The third kappa shape index (κ3) is 4.37. The van der Waals surface area contributed by atoms with E-state index in [1.807, 2.05) is 0 Å². The van der Waals surface area contributed by atoms with Crippen molar-refractivity contribution in [1.29, 1.82) is 0 Å². The summed E-state index contributed by atoms with van der Waals surface area (Å²) in [6.45, 7) is 10.0. The number of aliphatic carboxylic acids is 1. The Balaban J connectivity index is 2.35. The van der Waals surface area contributed by atoms with Gasteiger partial charge in [0.2, 0.25) is 0 Å². The van der Waals surface area contributed by atoms with Crippen molar-refractivity contribution in [2.45, 2.75) is 39.7 Å². The summed E-state index contributed by atoms with van der Waals surface area (Å²) in [6, 6.07) is -0.376. The molecule has 1 rings (SSSR count). The fraction of sp³-hybridized carbons (Fsp3) is 0.857. The minimum Gasteiger partial charge on any atom is -0.481 e. The second kappa shape index (κ2) is 8.09. The van der Waals surface area contributed by atoms with Crippen LogP contribution < -0.4 is 5.32 Å². The third-order valence-corrected chi connectivity index (χ3v) is 4.02. The van der Waals surface area contributed by atoms with E-state index in [4.69, 9.17) is 5.11 Å². The first-order chi connectivity index (χ1) is 9.51. The van der Waals surface area contributed by atoms with Crippen molar-refractivity contribution in [3.05, 3.63) is 0 Å². The molecule has 0 saturated carbocycles. The molecular weight excluding hydrogens is 258 g/mol. The van der Waals surface area contributed by atoms with Crippen LogP contribution in [0.5, 0.6) is 0 Å². The van der Waals surface area contributed by atoms with Gasteiger partial charge in [0, 0.05) is 25.7 Å². The number of likely N-dealkylation sites (tertiary alicyclic amines) is 1. The molecule has 0 spiro atoms. The van der Waals surface area contributed by atoms with Crippen LogP contribution in [0.4, 0.5) is 4.79 Å². The van der Waals surface area contributed by atoms with Gasteiger partial charge in [-0.2, -0.15) is 0 Å². The van der Waals surface area contributed by atoms with Gasteiger partial charge in [0.05, 0.1) is 5.92 Å². The third-order valence-electron chi connectivity index (χ3n) is 4.02. The molecule has 116 valence electrons. The summed E-state index contributed by atoms with van der Waals surface area (Å²) in [7, 11) is 0. The van der Waals surface area contributed by atoms with Crippen molar-refractivity contribution in [3.63, 3.8) is 0 Å². The topological polar surface area (TPSA) is 72.9 Å². The lowest BCUT2D eigenvalue weighted by molar-refractivity contribution is -0.142. The number of rotatable bonds is 7. The second-order valence-corrected chi connectivity index (χ2v) is 5.33. The van der Waals surface area contributed by atoms with Crippen LogP contribution in [0.1, 0.15) is 33.6 Å². The van der Waals surface area contributed by atoms with Gasteiger partial charge in [-0.25, -0.2) is 4.79 Å². The quantitative estimate of drug-likeness (QED) is 0.738. The summed E-state index contributed by atoms with van der Waals surface area (Å²) in [5.74, 6) is -1.25.